The Balaban J connectivity index is 1.75. The van der Waals surface area contributed by atoms with E-state index in [0.717, 1.165) is 11.3 Å². The Kier molecular flexibility index (Phi) is 3.07. The number of aromatic nitrogens is 3. The van der Waals surface area contributed by atoms with Gasteiger partial charge in [-0.15, -0.1) is 11.3 Å². The third-order valence-electron chi connectivity index (χ3n) is 2.61. The monoisotopic (exact) mass is 290 g/mol. The molecule has 0 unspecified atom stereocenters. The first-order valence-corrected chi connectivity index (χ1v) is 6.48. The first kappa shape index (κ1) is 12.5. The zero-order valence-electron chi connectivity index (χ0n) is 10.3. The lowest BCUT2D eigenvalue weighted by molar-refractivity contribution is -0.254. The summed E-state index contributed by atoms with van der Waals surface area (Å²) in [5.41, 5.74) is 1.67. The molecule has 3 rings (SSSR count). The van der Waals surface area contributed by atoms with Crippen molar-refractivity contribution in [1.82, 2.24) is 15.3 Å². The SMILES string of the molecule is Cc1nc(COc2ccc3nonc3c2)sc1C(=O)[O-]. The quantitative estimate of drug-likeness (QED) is 0.704. The minimum Gasteiger partial charge on any atom is -0.544 e. The van der Waals surface area contributed by atoms with Gasteiger partial charge >= 0.3 is 0 Å². The van der Waals surface area contributed by atoms with E-state index in [1.807, 2.05) is 0 Å². The van der Waals surface area contributed by atoms with E-state index < -0.39 is 5.97 Å². The molecule has 0 bridgehead atoms. The number of fused-ring (bicyclic) bond motifs is 1. The summed E-state index contributed by atoms with van der Waals surface area (Å²) in [5, 5.41) is 18.8. The largest absolute Gasteiger partial charge is 0.544 e. The standard InChI is InChI=1S/C12H9N3O4S/c1-6-11(12(16)17)20-10(13-6)5-18-7-2-3-8-9(4-7)15-19-14-8/h2-4H,5H2,1H3,(H,16,17)/p-1. The van der Waals surface area contributed by atoms with Gasteiger partial charge in [0.15, 0.2) is 0 Å². The Labute approximate surface area is 116 Å². The molecule has 0 radical (unpaired) electrons. The van der Waals surface area contributed by atoms with Crippen LogP contribution in [0, 0.1) is 6.92 Å². The van der Waals surface area contributed by atoms with Gasteiger partial charge in [-0.1, -0.05) is 0 Å². The van der Waals surface area contributed by atoms with Crippen LogP contribution in [0.2, 0.25) is 0 Å². The van der Waals surface area contributed by atoms with Crippen LogP contribution in [0.5, 0.6) is 5.75 Å². The van der Waals surface area contributed by atoms with Gasteiger partial charge in [0.05, 0.1) is 16.5 Å². The number of carboxylic acids is 1. The number of carbonyl (C=O) groups is 1. The van der Waals surface area contributed by atoms with Crippen molar-refractivity contribution < 1.29 is 19.3 Å². The summed E-state index contributed by atoms with van der Waals surface area (Å²) in [4.78, 5) is 15.1. The number of carboxylic acid groups (broad SMARTS) is 1. The van der Waals surface area contributed by atoms with Gasteiger partial charge in [-0.2, -0.15) is 0 Å². The van der Waals surface area contributed by atoms with Crippen molar-refractivity contribution in [2.24, 2.45) is 0 Å². The molecule has 0 aliphatic rings. The maximum atomic E-state index is 10.8. The molecule has 7 nitrogen and oxygen atoms in total. The lowest BCUT2D eigenvalue weighted by atomic mass is 10.3. The average molecular weight is 290 g/mol. The molecule has 20 heavy (non-hydrogen) atoms. The molecule has 8 heteroatoms. The van der Waals surface area contributed by atoms with Crippen molar-refractivity contribution in [1.29, 1.82) is 0 Å². The molecule has 0 spiro atoms. The molecule has 0 N–H and O–H groups in total. The van der Waals surface area contributed by atoms with Crippen molar-refractivity contribution in [2.45, 2.75) is 13.5 Å². The number of hydrogen-bond donors (Lipinski definition) is 0. The third kappa shape index (κ3) is 2.32. The smallest absolute Gasteiger partial charge is 0.140 e. The molecule has 2 heterocycles. The van der Waals surface area contributed by atoms with E-state index >= 15 is 0 Å². The number of nitrogens with zero attached hydrogens (tertiary/aromatic N) is 3. The summed E-state index contributed by atoms with van der Waals surface area (Å²) in [6.07, 6.45) is 0. The van der Waals surface area contributed by atoms with E-state index in [2.05, 4.69) is 19.9 Å². The van der Waals surface area contributed by atoms with Crippen LogP contribution in [0.3, 0.4) is 0 Å². The topological polar surface area (TPSA) is 101 Å². The summed E-state index contributed by atoms with van der Waals surface area (Å²) in [6.45, 7) is 1.80. The van der Waals surface area contributed by atoms with Crippen molar-refractivity contribution >= 4 is 28.3 Å². The normalized spacial score (nSPS) is 10.8. The molecule has 0 fully saturated rings. The highest BCUT2D eigenvalue weighted by Gasteiger charge is 2.09. The highest BCUT2D eigenvalue weighted by atomic mass is 32.1. The number of hydrogen-bond acceptors (Lipinski definition) is 8. The Morgan fingerprint density at radius 3 is 2.95 bits per heavy atom. The zero-order valence-corrected chi connectivity index (χ0v) is 11.1. The molecular weight excluding hydrogens is 282 g/mol. The van der Waals surface area contributed by atoms with Gasteiger partial charge in [0.2, 0.25) is 0 Å². The lowest BCUT2D eigenvalue weighted by Crippen LogP contribution is -2.21. The first-order chi connectivity index (χ1) is 9.63. The molecule has 0 aliphatic heterocycles. The molecule has 102 valence electrons. The predicted octanol–water partition coefficient (Wildman–Crippen LogP) is 0.930. The van der Waals surface area contributed by atoms with Gasteiger partial charge in [-0.25, -0.2) is 9.61 Å². The predicted molar refractivity (Wildman–Crippen MR) is 67.3 cm³/mol. The Morgan fingerprint density at radius 2 is 2.20 bits per heavy atom. The number of carbonyl (C=O) groups excluding carboxylic acids is 1. The summed E-state index contributed by atoms with van der Waals surface area (Å²) in [5.74, 6) is -0.641. The Hall–Kier alpha value is -2.48. The van der Waals surface area contributed by atoms with Crippen LogP contribution in [0.25, 0.3) is 11.0 Å². The molecule has 0 atom stereocenters. The summed E-state index contributed by atoms with van der Waals surface area (Å²) in [6, 6.07) is 5.14. The molecular formula is C12H8N3O4S-. The van der Waals surface area contributed by atoms with Gasteiger partial charge in [0.1, 0.15) is 28.4 Å². The number of rotatable bonds is 4. The molecule has 0 saturated heterocycles. The Morgan fingerprint density at radius 1 is 1.40 bits per heavy atom. The van der Waals surface area contributed by atoms with Crippen molar-refractivity contribution in [3.05, 3.63) is 33.8 Å². The molecule has 2 aromatic heterocycles. The van der Waals surface area contributed by atoms with Gasteiger partial charge in [0, 0.05) is 6.07 Å². The van der Waals surface area contributed by atoms with Gasteiger partial charge in [-0.3, -0.25) is 0 Å². The zero-order chi connectivity index (χ0) is 14.1. The number of thiazole rings is 1. The van der Waals surface area contributed by atoms with Crippen LogP contribution in [-0.4, -0.2) is 21.3 Å². The molecule has 0 aliphatic carbocycles. The number of benzene rings is 1. The van der Waals surface area contributed by atoms with E-state index in [-0.39, 0.29) is 11.5 Å². The van der Waals surface area contributed by atoms with Gasteiger partial charge < -0.3 is 14.6 Å². The van der Waals surface area contributed by atoms with Crippen LogP contribution in [0.1, 0.15) is 20.4 Å². The second kappa shape index (κ2) is 4.89. The van der Waals surface area contributed by atoms with E-state index in [4.69, 9.17) is 4.74 Å². The third-order valence-corrected chi connectivity index (χ3v) is 3.72. The minimum absolute atomic E-state index is 0.125. The maximum Gasteiger partial charge on any atom is 0.140 e. The van der Waals surface area contributed by atoms with Crippen LogP contribution in [0.15, 0.2) is 22.8 Å². The lowest BCUT2D eigenvalue weighted by Gasteiger charge is -2.02. The minimum atomic E-state index is -1.22. The fourth-order valence-corrected chi connectivity index (χ4v) is 2.51. The highest BCUT2D eigenvalue weighted by Crippen LogP contribution is 2.21. The average Bonchev–Trinajstić information content (AvgIpc) is 3.01. The maximum absolute atomic E-state index is 10.8. The first-order valence-electron chi connectivity index (χ1n) is 5.66. The summed E-state index contributed by atoms with van der Waals surface area (Å²) >= 11 is 1.05. The van der Waals surface area contributed by atoms with E-state index in [0.29, 0.717) is 27.5 Å². The van der Waals surface area contributed by atoms with Crippen LogP contribution in [0.4, 0.5) is 0 Å². The van der Waals surface area contributed by atoms with Crippen LogP contribution in [-0.2, 0) is 6.61 Å². The highest BCUT2D eigenvalue weighted by molar-refractivity contribution is 7.13. The van der Waals surface area contributed by atoms with E-state index in [1.165, 1.54) is 0 Å². The van der Waals surface area contributed by atoms with Crippen LogP contribution >= 0.6 is 11.3 Å². The van der Waals surface area contributed by atoms with Crippen molar-refractivity contribution in [3.8, 4) is 5.75 Å². The molecule has 0 amide bonds. The van der Waals surface area contributed by atoms with Gasteiger partial charge in [-0.05, 0) is 29.4 Å². The second-order valence-corrected chi connectivity index (χ2v) is 5.10. The van der Waals surface area contributed by atoms with Gasteiger partial charge in [0.25, 0.3) is 0 Å². The van der Waals surface area contributed by atoms with Crippen LogP contribution < -0.4 is 9.84 Å². The summed E-state index contributed by atoms with van der Waals surface area (Å²) in [7, 11) is 0. The summed E-state index contributed by atoms with van der Waals surface area (Å²) < 4.78 is 10.1. The number of aromatic carboxylic acids is 1. The second-order valence-electron chi connectivity index (χ2n) is 4.01. The van der Waals surface area contributed by atoms with Crippen molar-refractivity contribution in [2.75, 3.05) is 0 Å². The van der Waals surface area contributed by atoms with Crippen molar-refractivity contribution in [3.63, 3.8) is 0 Å². The number of ether oxygens (including phenoxy) is 1. The van der Waals surface area contributed by atoms with E-state index in [9.17, 15) is 9.90 Å². The number of aryl methyl sites for hydroxylation is 1. The molecule has 1 aromatic carbocycles. The Bertz CT molecular complexity index is 780. The van der Waals surface area contributed by atoms with E-state index in [1.54, 1.807) is 25.1 Å². The fourth-order valence-electron chi connectivity index (χ4n) is 1.70. The fraction of sp³-hybridized carbons (Fsp3) is 0.167. The molecule has 3 aromatic rings. The molecule has 0 saturated carbocycles.